The Morgan fingerprint density at radius 1 is 1.44 bits per heavy atom. The summed E-state index contributed by atoms with van der Waals surface area (Å²) in [6, 6.07) is 5.22. The first-order valence-corrected chi connectivity index (χ1v) is 6.04. The summed E-state index contributed by atoms with van der Waals surface area (Å²) in [5.74, 6) is -0.202. The molecule has 1 aliphatic rings. The van der Waals surface area contributed by atoms with Gasteiger partial charge in [0.1, 0.15) is 5.82 Å². The number of hydrogen-bond donors (Lipinski definition) is 1. The van der Waals surface area contributed by atoms with Crippen molar-refractivity contribution in [2.75, 3.05) is 17.2 Å². The molecule has 1 saturated carbocycles. The monoisotopic (exact) mass is 222 g/mol. The van der Waals surface area contributed by atoms with Gasteiger partial charge in [0.15, 0.2) is 0 Å². The maximum Gasteiger partial charge on any atom is 0.125 e. The first kappa shape index (κ1) is 11.2. The molecule has 0 saturated heterocycles. The second-order valence-electron chi connectivity index (χ2n) is 4.48. The SMILES string of the molecule is CCCCN(c1cc(F)ccc1N)C1CC1. The lowest BCUT2D eigenvalue weighted by Crippen LogP contribution is -2.27. The van der Waals surface area contributed by atoms with E-state index in [1.54, 1.807) is 12.1 Å². The molecule has 1 fully saturated rings. The van der Waals surface area contributed by atoms with E-state index >= 15 is 0 Å². The Labute approximate surface area is 96.2 Å². The molecule has 2 nitrogen and oxygen atoms in total. The number of anilines is 2. The third-order valence-electron chi connectivity index (χ3n) is 3.04. The summed E-state index contributed by atoms with van der Waals surface area (Å²) in [4.78, 5) is 2.27. The topological polar surface area (TPSA) is 29.3 Å². The minimum Gasteiger partial charge on any atom is -0.397 e. The van der Waals surface area contributed by atoms with Crippen LogP contribution in [0.25, 0.3) is 0 Å². The fourth-order valence-corrected chi connectivity index (χ4v) is 1.98. The van der Waals surface area contributed by atoms with Crippen LogP contribution in [0.1, 0.15) is 32.6 Å². The maximum atomic E-state index is 13.2. The third kappa shape index (κ3) is 2.46. The largest absolute Gasteiger partial charge is 0.397 e. The fraction of sp³-hybridized carbons (Fsp3) is 0.538. The van der Waals surface area contributed by atoms with Gasteiger partial charge in [-0.2, -0.15) is 0 Å². The number of nitrogens with zero attached hydrogens (tertiary/aromatic N) is 1. The molecule has 1 aromatic rings. The zero-order valence-corrected chi connectivity index (χ0v) is 9.75. The molecule has 0 atom stereocenters. The van der Waals surface area contributed by atoms with Gasteiger partial charge in [-0.15, -0.1) is 0 Å². The molecule has 1 aromatic carbocycles. The van der Waals surface area contributed by atoms with Gasteiger partial charge in [-0.25, -0.2) is 4.39 Å². The van der Waals surface area contributed by atoms with Crippen molar-refractivity contribution < 1.29 is 4.39 Å². The second kappa shape index (κ2) is 4.73. The summed E-state index contributed by atoms with van der Waals surface area (Å²) in [6.45, 7) is 3.15. The van der Waals surface area contributed by atoms with Crippen molar-refractivity contribution in [2.45, 2.75) is 38.6 Å². The highest BCUT2D eigenvalue weighted by molar-refractivity contribution is 5.68. The first-order valence-electron chi connectivity index (χ1n) is 6.04. The Hall–Kier alpha value is -1.25. The molecule has 2 N–H and O–H groups in total. The quantitative estimate of drug-likeness (QED) is 0.775. The van der Waals surface area contributed by atoms with Crippen LogP contribution < -0.4 is 10.6 Å². The van der Waals surface area contributed by atoms with E-state index < -0.39 is 0 Å². The molecule has 0 bridgehead atoms. The molecule has 0 aromatic heterocycles. The summed E-state index contributed by atoms with van der Waals surface area (Å²) in [5, 5.41) is 0. The summed E-state index contributed by atoms with van der Waals surface area (Å²) in [7, 11) is 0. The third-order valence-corrected chi connectivity index (χ3v) is 3.04. The highest BCUT2D eigenvalue weighted by Crippen LogP contribution is 2.35. The molecule has 1 aliphatic carbocycles. The second-order valence-corrected chi connectivity index (χ2v) is 4.48. The van der Waals surface area contributed by atoms with Crippen molar-refractivity contribution in [1.29, 1.82) is 0 Å². The zero-order chi connectivity index (χ0) is 11.5. The highest BCUT2D eigenvalue weighted by Gasteiger charge is 2.29. The number of halogens is 1. The van der Waals surface area contributed by atoms with Crippen LogP contribution in [0.3, 0.4) is 0 Å². The highest BCUT2D eigenvalue weighted by atomic mass is 19.1. The first-order chi connectivity index (χ1) is 7.72. The average Bonchev–Trinajstić information content (AvgIpc) is 3.08. The standard InChI is InChI=1S/C13H19FN2/c1-2-3-8-16(11-5-6-11)13-9-10(14)4-7-12(13)15/h4,7,9,11H,2-3,5-6,8,15H2,1H3. The molecule has 0 unspecified atom stereocenters. The Morgan fingerprint density at radius 3 is 2.81 bits per heavy atom. The average molecular weight is 222 g/mol. The summed E-state index contributed by atoms with van der Waals surface area (Å²) in [5.41, 5.74) is 7.48. The van der Waals surface area contributed by atoms with E-state index in [2.05, 4.69) is 11.8 Å². The Bertz CT molecular complexity index is 361. The summed E-state index contributed by atoms with van der Waals surface area (Å²) >= 11 is 0. The molecule has 16 heavy (non-hydrogen) atoms. The number of nitrogens with two attached hydrogens (primary N) is 1. The van der Waals surface area contributed by atoms with Crippen molar-refractivity contribution in [2.24, 2.45) is 0 Å². The molecule has 0 heterocycles. The predicted octanol–water partition coefficient (Wildman–Crippen LogP) is 3.18. The van der Waals surface area contributed by atoms with Crippen molar-refractivity contribution in [3.05, 3.63) is 24.0 Å². The normalized spacial score (nSPS) is 15.1. The molecule has 0 aliphatic heterocycles. The van der Waals surface area contributed by atoms with Gasteiger partial charge < -0.3 is 10.6 Å². The van der Waals surface area contributed by atoms with Crippen LogP contribution in [0.5, 0.6) is 0 Å². The van der Waals surface area contributed by atoms with E-state index in [0.29, 0.717) is 11.7 Å². The van der Waals surface area contributed by atoms with Gasteiger partial charge in [-0.05, 0) is 37.5 Å². The Morgan fingerprint density at radius 2 is 2.19 bits per heavy atom. The number of benzene rings is 1. The molecule has 3 heteroatoms. The molecule has 0 spiro atoms. The predicted molar refractivity (Wildman–Crippen MR) is 66.1 cm³/mol. The van der Waals surface area contributed by atoms with E-state index in [0.717, 1.165) is 25.1 Å². The molecular weight excluding hydrogens is 203 g/mol. The Kier molecular flexibility index (Phi) is 3.32. The van der Waals surface area contributed by atoms with Crippen LogP contribution in [0.2, 0.25) is 0 Å². The van der Waals surface area contributed by atoms with Gasteiger partial charge in [0.2, 0.25) is 0 Å². The van der Waals surface area contributed by atoms with Gasteiger partial charge in [-0.1, -0.05) is 13.3 Å². The van der Waals surface area contributed by atoms with Gasteiger partial charge in [0.05, 0.1) is 11.4 Å². The van der Waals surface area contributed by atoms with Gasteiger partial charge in [0.25, 0.3) is 0 Å². The van der Waals surface area contributed by atoms with Crippen LogP contribution in [-0.4, -0.2) is 12.6 Å². The minimum absolute atomic E-state index is 0.202. The lowest BCUT2D eigenvalue weighted by molar-refractivity contribution is 0.625. The van der Waals surface area contributed by atoms with Crippen LogP contribution >= 0.6 is 0 Å². The zero-order valence-electron chi connectivity index (χ0n) is 9.75. The van der Waals surface area contributed by atoms with Gasteiger partial charge in [0, 0.05) is 12.6 Å². The molecule has 2 rings (SSSR count). The maximum absolute atomic E-state index is 13.2. The van der Waals surface area contributed by atoms with Crippen molar-refractivity contribution in [1.82, 2.24) is 0 Å². The number of rotatable bonds is 5. The molecule has 0 radical (unpaired) electrons. The number of nitrogen functional groups attached to an aromatic ring is 1. The number of hydrogen-bond acceptors (Lipinski definition) is 2. The van der Waals surface area contributed by atoms with Gasteiger partial charge >= 0.3 is 0 Å². The Balaban J connectivity index is 2.19. The van der Waals surface area contributed by atoms with Crippen LogP contribution in [0.15, 0.2) is 18.2 Å². The van der Waals surface area contributed by atoms with Crippen LogP contribution in [0, 0.1) is 5.82 Å². The van der Waals surface area contributed by atoms with E-state index in [1.807, 2.05) is 0 Å². The van der Waals surface area contributed by atoms with Crippen molar-refractivity contribution in [3.8, 4) is 0 Å². The van der Waals surface area contributed by atoms with Crippen LogP contribution in [0.4, 0.5) is 15.8 Å². The molecular formula is C13H19FN2. The van der Waals surface area contributed by atoms with Gasteiger partial charge in [-0.3, -0.25) is 0 Å². The van der Waals surface area contributed by atoms with Crippen LogP contribution in [-0.2, 0) is 0 Å². The lowest BCUT2D eigenvalue weighted by atomic mass is 10.2. The van der Waals surface area contributed by atoms with E-state index in [-0.39, 0.29) is 5.82 Å². The van der Waals surface area contributed by atoms with E-state index in [9.17, 15) is 4.39 Å². The molecule has 0 amide bonds. The van der Waals surface area contributed by atoms with E-state index in [1.165, 1.54) is 18.9 Å². The summed E-state index contributed by atoms with van der Waals surface area (Å²) in [6.07, 6.45) is 4.70. The fourth-order valence-electron chi connectivity index (χ4n) is 1.98. The minimum atomic E-state index is -0.202. The van der Waals surface area contributed by atoms with Crippen molar-refractivity contribution in [3.63, 3.8) is 0 Å². The summed E-state index contributed by atoms with van der Waals surface area (Å²) < 4.78 is 13.2. The van der Waals surface area contributed by atoms with E-state index in [4.69, 9.17) is 5.73 Å². The van der Waals surface area contributed by atoms with Crippen molar-refractivity contribution >= 4 is 11.4 Å². The molecule has 88 valence electrons. The smallest absolute Gasteiger partial charge is 0.125 e. The lowest BCUT2D eigenvalue weighted by Gasteiger charge is -2.26. The number of unbranched alkanes of at least 4 members (excludes halogenated alkanes) is 1.